The molecule has 0 fully saturated rings. The maximum Gasteiger partial charge on any atom is 0.122 e. The first-order chi connectivity index (χ1) is 11.9. The predicted molar refractivity (Wildman–Crippen MR) is 106 cm³/mol. The van der Waals surface area contributed by atoms with E-state index >= 15 is 0 Å². The zero-order valence-electron chi connectivity index (χ0n) is 16.1. The Bertz CT molecular complexity index is 650. The third kappa shape index (κ3) is 6.69. The van der Waals surface area contributed by atoms with Gasteiger partial charge in [-0.1, -0.05) is 26.0 Å². The van der Waals surface area contributed by atoms with Crippen molar-refractivity contribution in [3.8, 4) is 11.5 Å². The van der Waals surface area contributed by atoms with Gasteiger partial charge in [-0.2, -0.15) is 0 Å². The summed E-state index contributed by atoms with van der Waals surface area (Å²) in [6.07, 6.45) is 1.16. The summed E-state index contributed by atoms with van der Waals surface area (Å²) < 4.78 is 11.8. The first kappa shape index (κ1) is 19.2. The lowest BCUT2D eigenvalue weighted by molar-refractivity contribution is 0.233. The normalized spacial score (nSPS) is 12.1. The van der Waals surface area contributed by atoms with Crippen molar-refractivity contribution in [1.29, 1.82) is 0 Å². The topological polar surface area (TPSA) is 30.5 Å². The summed E-state index contributed by atoms with van der Waals surface area (Å²) in [5, 5.41) is 3.42. The highest BCUT2D eigenvalue weighted by molar-refractivity contribution is 5.46. The molecular formula is C22H31NO2. The van der Waals surface area contributed by atoms with Gasteiger partial charge in [-0.15, -0.1) is 0 Å². The van der Waals surface area contributed by atoms with Crippen LogP contribution in [0.5, 0.6) is 11.5 Å². The lowest BCUT2D eigenvalue weighted by Gasteiger charge is -2.18. The number of ether oxygens (including phenoxy) is 2. The Morgan fingerprint density at radius 2 is 1.68 bits per heavy atom. The fraction of sp³-hybridized carbons (Fsp3) is 0.455. The minimum Gasteiger partial charge on any atom is -0.494 e. The molecule has 0 aliphatic carbocycles. The minimum absolute atomic E-state index is 0.0856. The highest BCUT2D eigenvalue weighted by Crippen LogP contribution is 2.21. The molecule has 0 aliphatic heterocycles. The van der Waals surface area contributed by atoms with Gasteiger partial charge in [-0.25, -0.2) is 0 Å². The van der Waals surface area contributed by atoms with Gasteiger partial charge in [-0.3, -0.25) is 0 Å². The smallest absolute Gasteiger partial charge is 0.122 e. The molecule has 1 atom stereocenters. The van der Waals surface area contributed by atoms with E-state index in [-0.39, 0.29) is 6.10 Å². The summed E-state index contributed by atoms with van der Waals surface area (Å²) in [6.45, 7) is 12.2. The van der Waals surface area contributed by atoms with Crippen LogP contribution in [-0.4, -0.2) is 19.3 Å². The van der Waals surface area contributed by atoms with E-state index in [1.807, 2.05) is 12.1 Å². The van der Waals surface area contributed by atoms with Crippen molar-refractivity contribution < 1.29 is 9.47 Å². The summed E-state index contributed by atoms with van der Waals surface area (Å²) >= 11 is 0. The van der Waals surface area contributed by atoms with Crippen molar-refractivity contribution >= 4 is 5.69 Å². The van der Waals surface area contributed by atoms with Gasteiger partial charge in [0.25, 0.3) is 0 Å². The van der Waals surface area contributed by atoms with Gasteiger partial charge in [0.2, 0.25) is 0 Å². The summed E-state index contributed by atoms with van der Waals surface area (Å²) in [7, 11) is 0. The molecule has 0 radical (unpaired) electrons. The highest BCUT2D eigenvalue weighted by atomic mass is 16.5. The van der Waals surface area contributed by atoms with E-state index in [9.17, 15) is 0 Å². The number of nitrogens with one attached hydrogen (secondary N) is 1. The fourth-order valence-electron chi connectivity index (χ4n) is 2.44. The van der Waals surface area contributed by atoms with Crippen LogP contribution in [0.4, 0.5) is 5.69 Å². The average molecular weight is 341 g/mol. The average Bonchev–Trinajstić information content (AvgIpc) is 2.57. The Morgan fingerprint density at radius 1 is 0.960 bits per heavy atom. The maximum absolute atomic E-state index is 6.06. The van der Waals surface area contributed by atoms with Gasteiger partial charge in [-0.05, 0) is 74.6 Å². The van der Waals surface area contributed by atoms with Crippen LogP contribution in [0.3, 0.4) is 0 Å². The van der Waals surface area contributed by atoms with E-state index in [0.717, 1.165) is 36.8 Å². The van der Waals surface area contributed by atoms with Gasteiger partial charge in [0.1, 0.15) is 17.6 Å². The summed E-state index contributed by atoms with van der Waals surface area (Å²) in [5.41, 5.74) is 3.46. The third-order valence-corrected chi connectivity index (χ3v) is 4.08. The Kier molecular flexibility index (Phi) is 7.17. The molecular weight excluding hydrogens is 310 g/mol. The van der Waals surface area contributed by atoms with E-state index in [2.05, 4.69) is 70.3 Å². The fourth-order valence-corrected chi connectivity index (χ4v) is 2.44. The van der Waals surface area contributed by atoms with E-state index in [1.165, 1.54) is 11.1 Å². The van der Waals surface area contributed by atoms with Crippen molar-refractivity contribution in [2.45, 2.75) is 47.1 Å². The lowest BCUT2D eigenvalue weighted by Crippen LogP contribution is -2.23. The molecule has 136 valence electrons. The molecule has 25 heavy (non-hydrogen) atoms. The van der Waals surface area contributed by atoms with Gasteiger partial charge in [0, 0.05) is 5.69 Å². The second kappa shape index (κ2) is 9.36. The van der Waals surface area contributed by atoms with E-state index in [4.69, 9.17) is 9.47 Å². The molecule has 3 heteroatoms. The molecule has 0 aliphatic rings. The van der Waals surface area contributed by atoms with Crippen LogP contribution in [0.2, 0.25) is 0 Å². The Balaban J connectivity index is 1.79. The summed E-state index contributed by atoms with van der Waals surface area (Å²) in [6, 6.07) is 14.4. The molecule has 0 spiro atoms. The van der Waals surface area contributed by atoms with E-state index in [0.29, 0.717) is 5.92 Å². The van der Waals surface area contributed by atoms with Crippen LogP contribution in [0.1, 0.15) is 38.3 Å². The van der Waals surface area contributed by atoms with Crippen molar-refractivity contribution in [2.75, 3.05) is 18.5 Å². The molecule has 0 aromatic heterocycles. The molecule has 3 nitrogen and oxygen atoms in total. The number of aryl methyl sites for hydroxylation is 2. The van der Waals surface area contributed by atoms with Crippen LogP contribution in [0.25, 0.3) is 0 Å². The molecule has 2 aromatic carbocycles. The van der Waals surface area contributed by atoms with Gasteiger partial charge in [0.05, 0.1) is 13.2 Å². The second-order valence-corrected chi connectivity index (χ2v) is 7.13. The molecule has 0 amide bonds. The van der Waals surface area contributed by atoms with Crippen LogP contribution in [0, 0.1) is 19.8 Å². The monoisotopic (exact) mass is 341 g/mol. The Morgan fingerprint density at radius 3 is 2.36 bits per heavy atom. The lowest BCUT2D eigenvalue weighted by atomic mass is 10.1. The number of benzene rings is 2. The molecule has 1 unspecified atom stereocenters. The first-order valence-corrected chi connectivity index (χ1v) is 9.14. The first-order valence-electron chi connectivity index (χ1n) is 9.14. The van der Waals surface area contributed by atoms with Crippen molar-refractivity contribution in [3.05, 3.63) is 53.6 Å². The Hall–Kier alpha value is -2.16. The van der Waals surface area contributed by atoms with Gasteiger partial charge in [0.15, 0.2) is 0 Å². The van der Waals surface area contributed by atoms with Crippen LogP contribution in [0.15, 0.2) is 42.5 Å². The standard InChI is InChI=1S/C22H31NO2/c1-16(2)12-13-24-21-10-8-20(9-11-21)23-15-19(5)25-22-14-17(3)6-7-18(22)4/h6-11,14,16,19,23H,12-13,15H2,1-5H3. The second-order valence-electron chi connectivity index (χ2n) is 7.13. The molecule has 0 saturated carbocycles. The van der Waals surface area contributed by atoms with E-state index < -0.39 is 0 Å². The number of anilines is 1. The number of hydrogen-bond acceptors (Lipinski definition) is 3. The van der Waals surface area contributed by atoms with Crippen molar-refractivity contribution in [3.63, 3.8) is 0 Å². The van der Waals surface area contributed by atoms with Crippen LogP contribution < -0.4 is 14.8 Å². The van der Waals surface area contributed by atoms with Crippen molar-refractivity contribution in [1.82, 2.24) is 0 Å². The zero-order chi connectivity index (χ0) is 18.2. The number of hydrogen-bond donors (Lipinski definition) is 1. The van der Waals surface area contributed by atoms with E-state index in [1.54, 1.807) is 0 Å². The summed E-state index contributed by atoms with van der Waals surface area (Å²) in [4.78, 5) is 0. The molecule has 2 aromatic rings. The van der Waals surface area contributed by atoms with Gasteiger partial charge < -0.3 is 14.8 Å². The van der Waals surface area contributed by atoms with Crippen LogP contribution >= 0.6 is 0 Å². The third-order valence-electron chi connectivity index (χ3n) is 4.08. The quantitative estimate of drug-likeness (QED) is 0.643. The van der Waals surface area contributed by atoms with Gasteiger partial charge >= 0.3 is 0 Å². The molecule has 0 bridgehead atoms. The molecule has 0 saturated heterocycles. The largest absolute Gasteiger partial charge is 0.494 e. The Labute approximate surface area is 152 Å². The zero-order valence-corrected chi connectivity index (χ0v) is 16.1. The van der Waals surface area contributed by atoms with Crippen molar-refractivity contribution in [2.24, 2.45) is 5.92 Å². The minimum atomic E-state index is 0.0856. The SMILES string of the molecule is Cc1ccc(C)c(OC(C)CNc2ccc(OCCC(C)C)cc2)c1. The highest BCUT2D eigenvalue weighted by Gasteiger charge is 2.07. The predicted octanol–water partition coefficient (Wildman–Crippen LogP) is 5.61. The number of rotatable bonds is 9. The maximum atomic E-state index is 6.06. The molecule has 2 rings (SSSR count). The molecule has 1 N–H and O–H groups in total. The molecule has 0 heterocycles. The van der Waals surface area contributed by atoms with Crippen LogP contribution in [-0.2, 0) is 0 Å². The summed E-state index contributed by atoms with van der Waals surface area (Å²) in [5.74, 6) is 2.55.